The van der Waals surface area contributed by atoms with Crippen molar-refractivity contribution in [1.82, 2.24) is 20.6 Å². The van der Waals surface area contributed by atoms with Crippen LogP contribution in [0.2, 0.25) is 0 Å². The van der Waals surface area contributed by atoms with Crippen LogP contribution in [0.4, 0.5) is 5.69 Å². The summed E-state index contributed by atoms with van der Waals surface area (Å²) in [5.74, 6) is 0.272. The van der Waals surface area contributed by atoms with E-state index in [0.29, 0.717) is 5.57 Å². The average Bonchev–Trinajstić information content (AvgIpc) is 2.88. The molecule has 1 heterocycles. The number of rotatable bonds is 3. The van der Waals surface area contributed by atoms with E-state index in [4.69, 9.17) is 5.26 Å². The minimum Gasteiger partial charge on any atom is -0.360 e. The summed E-state index contributed by atoms with van der Waals surface area (Å²) in [6, 6.07) is 7.99. The van der Waals surface area contributed by atoms with Gasteiger partial charge in [-0.1, -0.05) is 6.07 Å². The van der Waals surface area contributed by atoms with Crippen LogP contribution in [0.3, 0.4) is 0 Å². The molecule has 0 aliphatic rings. The lowest BCUT2D eigenvalue weighted by molar-refractivity contribution is 0.881. The molecule has 0 fully saturated rings. The highest BCUT2D eigenvalue weighted by molar-refractivity contribution is 5.74. The number of allylic oxidation sites excluding steroid dienone is 1. The first-order valence-corrected chi connectivity index (χ1v) is 5.38. The molecule has 1 aromatic carbocycles. The average molecular weight is 240 g/mol. The molecular formula is C12H12N6. The molecule has 0 aliphatic heterocycles. The van der Waals surface area contributed by atoms with Crippen molar-refractivity contribution >= 4 is 11.3 Å². The quantitative estimate of drug-likeness (QED) is 0.798. The third kappa shape index (κ3) is 2.52. The van der Waals surface area contributed by atoms with E-state index in [1.54, 1.807) is 6.20 Å². The Morgan fingerprint density at radius 2 is 2.22 bits per heavy atom. The number of aromatic nitrogens is 4. The van der Waals surface area contributed by atoms with Gasteiger partial charge in [0.05, 0.1) is 0 Å². The molecule has 6 heteroatoms. The van der Waals surface area contributed by atoms with Crippen LogP contribution in [0.5, 0.6) is 0 Å². The molecule has 18 heavy (non-hydrogen) atoms. The first kappa shape index (κ1) is 11.8. The van der Waals surface area contributed by atoms with Crippen molar-refractivity contribution in [2.45, 2.75) is 13.8 Å². The van der Waals surface area contributed by atoms with Crippen LogP contribution in [0.15, 0.2) is 24.4 Å². The monoisotopic (exact) mass is 240 g/mol. The summed E-state index contributed by atoms with van der Waals surface area (Å²) >= 11 is 0. The minimum absolute atomic E-state index is 0.272. The van der Waals surface area contributed by atoms with Crippen LogP contribution in [0, 0.1) is 25.2 Å². The lowest BCUT2D eigenvalue weighted by atomic mass is 10.1. The molecule has 2 rings (SSSR count). The Morgan fingerprint density at radius 1 is 1.39 bits per heavy atom. The summed E-state index contributed by atoms with van der Waals surface area (Å²) in [5.41, 5.74) is 3.64. The van der Waals surface area contributed by atoms with Gasteiger partial charge in [0.1, 0.15) is 11.6 Å². The summed E-state index contributed by atoms with van der Waals surface area (Å²) < 4.78 is 0. The van der Waals surface area contributed by atoms with Crippen LogP contribution in [-0.4, -0.2) is 20.6 Å². The van der Waals surface area contributed by atoms with E-state index in [1.165, 1.54) is 11.1 Å². The van der Waals surface area contributed by atoms with Crippen molar-refractivity contribution in [2.75, 3.05) is 5.32 Å². The van der Waals surface area contributed by atoms with E-state index >= 15 is 0 Å². The second-order valence-corrected chi connectivity index (χ2v) is 3.85. The van der Waals surface area contributed by atoms with Crippen LogP contribution in [0.25, 0.3) is 5.57 Å². The fourth-order valence-electron chi connectivity index (χ4n) is 1.41. The number of anilines is 1. The van der Waals surface area contributed by atoms with E-state index in [9.17, 15) is 0 Å². The molecule has 0 unspecified atom stereocenters. The third-order valence-electron chi connectivity index (χ3n) is 2.60. The normalized spacial score (nSPS) is 11.1. The summed E-state index contributed by atoms with van der Waals surface area (Å²) in [6.07, 6.45) is 1.56. The molecule has 0 aliphatic carbocycles. The van der Waals surface area contributed by atoms with Crippen LogP contribution in [0.1, 0.15) is 17.0 Å². The van der Waals surface area contributed by atoms with Gasteiger partial charge in [-0.3, -0.25) is 0 Å². The molecule has 0 spiro atoms. The molecule has 90 valence electrons. The van der Waals surface area contributed by atoms with Gasteiger partial charge in [0.25, 0.3) is 0 Å². The Hall–Kier alpha value is -2.68. The molecule has 0 amide bonds. The van der Waals surface area contributed by atoms with E-state index < -0.39 is 0 Å². The number of nitriles is 1. The fraction of sp³-hybridized carbons (Fsp3) is 0.167. The largest absolute Gasteiger partial charge is 0.360 e. The van der Waals surface area contributed by atoms with Crippen molar-refractivity contribution < 1.29 is 0 Å². The van der Waals surface area contributed by atoms with Crippen molar-refractivity contribution in [3.8, 4) is 6.07 Å². The van der Waals surface area contributed by atoms with E-state index in [1.807, 2.05) is 31.2 Å². The molecule has 0 bridgehead atoms. The van der Waals surface area contributed by atoms with Crippen molar-refractivity contribution in [3.63, 3.8) is 0 Å². The predicted molar refractivity (Wildman–Crippen MR) is 67.3 cm³/mol. The van der Waals surface area contributed by atoms with E-state index in [-0.39, 0.29) is 5.82 Å². The number of H-pyrrole nitrogens is 1. The number of aryl methyl sites for hydroxylation is 2. The number of nitrogens with zero attached hydrogens (tertiary/aromatic N) is 4. The van der Waals surface area contributed by atoms with Crippen LogP contribution < -0.4 is 5.32 Å². The van der Waals surface area contributed by atoms with Gasteiger partial charge in [-0.15, -0.1) is 10.2 Å². The van der Waals surface area contributed by atoms with E-state index in [0.717, 1.165) is 5.69 Å². The Kier molecular flexibility index (Phi) is 3.34. The molecule has 0 atom stereocenters. The maximum atomic E-state index is 8.99. The van der Waals surface area contributed by atoms with Crippen molar-refractivity contribution in [3.05, 3.63) is 41.4 Å². The highest BCUT2D eigenvalue weighted by Crippen LogP contribution is 2.15. The first-order chi connectivity index (χ1) is 8.70. The summed E-state index contributed by atoms with van der Waals surface area (Å²) in [7, 11) is 0. The zero-order chi connectivity index (χ0) is 13.0. The maximum Gasteiger partial charge on any atom is 0.216 e. The van der Waals surface area contributed by atoms with Gasteiger partial charge in [0.15, 0.2) is 0 Å². The number of hydrogen-bond donors (Lipinski definition) is 2. The molecule has 0 radical (unpaired) electrons. The molecule has 6 nitrogen and oxygen atoms in total. The number of hydrogen-bond acceptors (Lipinski definition) is 5. The lowest BCUT2D eigenvalue weighted by Crippen LogP contribution is -1.94. The smallest absolute Gasteiger partial charge is 0.216 e. The molecule has 2 N–H and O–H groups in total. The van der Waals surface area contributed by atoms with Crippen molar-refractivity contribution in [2.24, 2.45) is 0 Å². The van der Waals surface area contributed by atoms with E-state index in [2.05, 4.69) is 32.9 Å². The Bertz CT molecular complexity index is 606. The Labute approximate surface area is 104 Å². The summed E-state index contributed by atoms with van der Waals surface area (Å²) in [6.45, 7) is 4.09. The molecular weight excluding hydrogens is 228 g/mol. The zero-order valence-electron chi connectivity index (χ0n) is 10.1. The van der Waals surface area contributed by atoms with Gasteiger partial charge in [-0.05, 0) is 42.3 Å². The summed E-state index contributed by atoms with van der Waals surface area (Å²) in [5, 5.41) is 25.3. The zero-order valence-corrected chi connectivity index (χ0v) is 10.1. The second-order valence-electron chi connectivity index (χ2n) is 3.85. The number of aromatic amines is 1. The molecule has 2 aromatic rings. The topological polar surface area (TPSA) is 90.3 Å². The van der Waals surface area contributed by atoms with Crippen molar-refractivity contribution in [1.29, 1.82) is 5.26 Å². The van der Waals surface area contributed by atoms with Crippen LogP contribution >= 0.6 is 0 Å². The fourth-order valence-corrected chi connectivity index (χ4v) is 1.41. The Balaban J connectivity index is 2.19. The standard InChI is InChI=1S/C12H12N6/c1-8-3-4-11(5-9(8)2)14-7-10(6-13)12-15-17-18-16-12/h3-5,7,14H,1-2H3,(H,15,16,17,18). The van der Waals surface area contributed by atoms with Gasteiger partial charge < -0.3 is 5.32 Å². The second kappa shape index (κ2) is 5.10. The van der Waals surface area contributed by atoms with Gasteiger partial charge >= 0.3 is 0 Å². The highest BCUT2D eigenvalue weighted by Gasteiger charge is 2.05. The van der Waals surface area contributed by atoms with Gasteiger partial charge in [-0.2, -0.15) is 10.5 Å². The Morgan fingerprint density at radius 3 is 2.83 bits per heavy atom. The number of nitrogens with one attached hydrogen (secondary N) is 2. The van der Waals surface area contributed by atoms with Gasteiger partial charge in [-0.25, -0.2) is 0 Å². The predicted octanol–water partition coefficient (Wildman–Crippen LogP) is 1.79. The van der Waals surface area contributed by atoms with Gasteiger partial charge in [0.2, 0.25) is 5.82 Å². The highest BCUT2D eigenvalue weighted by atomic mass is 15.5. The summed E-state index contributed by atoms with van der Waals surface area (Å²) in [4.78, 5) is 0. The third-order valence-corrected chi connectivity index (χ3v) is 2.60. The molecule has 0 saturated carbocycles. The van der Waals surface area contributed by atoms with Gasteiger partial charge in [0, 0.05) is 11.9 Å². The SMILES string of the molecule is Cc1ccc(NC=C(C#N)c2nn[nH]n2)cc1C. The van der Waals surface area contributed by atoms with Crippen LogP contribution in [-0.2, 0) is 0 Å². The molecule has 1 aromatic heterocycles. The number of benzene rings is 1. The molecule has 0 saturated heterocycles. The minimum atomic E-state index is 0.272. The first-order valence-electron chi connectivity index (χ1n) is 5.38. The maximum absolute atomic E-state index is 8.99. The lowest BCUT2D eigenvalue weighted by Gasteiger charge is -2.04. The number of tetrazole rings is 1.